The van der Waals surface area contributed by atoms with Crippen LogP contribution in [0.2, 0.25) is 0 Å². The van der Waals surface area contributed by atoms with E-state index in [0.29, 0.717) is 16.8 Å². The van der Waals surface area contributed by atoms with E-state index in [-0.39, 0.29) is 17.2 Å². The quantitative estimate of drug-likeness (QED) is 0.649. The molecule has 4 rings (SSSR count). The van der Waals surface area contributed by atoms with Crippen LogP contribution >= 0.6 is 0 Å². The van der Waals surface area contributed by atoms with Gasteiger partial charge in [-0.25, -0.2) is 13.8 Å². The summed E-state index contributed by atoms with van der Waals surface area (Å²) < 4.78 is 33.4. The Hall–Kier alpha value is -2.82. The van der Waals surface area contributed by atoms with Crippen LogP contribution < -0.4 is 0 Å². The summed E-state index contributed by atoms with van der Waals surface area (Å²) in [5.41, 5.74) is 1.52. The van der Waals surface area contributed by atoms with Crippen LogP contribution in [0.15, 0.2) is 59.7 Å². The predicted octanol–water partition coefficient (Wildman–Crippen LogP) is 5.07. The summed E-state index contributed by atoms with van der Waals surface area (Å²) in [6, 6.07) is 14.6. The summed E-state index contributed by atoms with van der Waals surface area (Å²) >= 11 is 0. The molecule has 2 aromatic carbocycles. The van der Waals surface area contributed by atoms with E-state index >= 15 is 0 Å². The standard InChI is InChI=1S/C22H20F2N2O/c1-22(2)12-17(10-14-6-4-3-5-7-14)26-21(27-22)16-11-15-8-9-18(23)19(24)20(15)25-13-16/h3-9,11,13,17H,10,12H2,1-2H3. The minimum Gasteiger partial charge on any atom is -0.471 e. The largest absolute Gasteiger partial charge is 0.471 e. The second-order valence-electron chi connectivity index (χ2n) is 7.50. The minimum atomic E-state index is -0.937. The first-order chi connectivity index (χ1) is 12.9. The average Bonchev–Trinajstić information content (AvgIpc) is 2.64. The third kappa shape index (κ3) is 3.68. The number of fused-ring (bicyclic) bond motifs is 1. The lowest BCUT2D eigenvalue weighted by molar-refractivity contribution is 0.0634. The summed E-state index contributed by atoms with van der Waals surface area (Å²) in [5, 5.41) is 0.515. The van der Waals surface area contributed by atoms with Crippen molar-refractivity contribution in [3.8, 4) is 0 Å². The van der Waals surface area contributed by atoms with Crippen LogP contribution in [0.3, 0.4) is 0 Å². The Labute approximate surface area is 156 Å². The molecule has 1 atom stereocenters. The highest BCUT2D eigenvalue weighted by Gasteiger charge is 2.32. The number of hydrogen-bond donors (Lipinski definition) is 0. The van der Waals surface area contributed by atoms with Crippen molar-refractivity contribution in [3.63, 3.8) is 0 Å². The molecule has 2 heterocycles. The SMILES string of the molecule is CC1(C)CC(Cc2ccccc2)N=C(c2cnc3c(F)c(F)ccc3c2)O1. The van der Waals surface area contributed by atoms with Gasteiger partial charge < -0.3 is 4.74 Å². The van der Waals surface area contributed by atoms with E-state index in [0.717, 1.165) is 18.9 Å². The normalized spacial score (nSPS) is 18.8. The number of rotatable bonds is 3. The van der Waals surface area contributed by atoms with Crippen molar-refractivity contribution < 1.29 is 13.5 Å². The van der Waals surface area contributed by atoms with Crippen molar-refractivity contribution in [1.82, 2.24) is 4.98 Å². The van der Waals surface area contributed by atoms with Crippen molar-refractivity contribution >= 4 is 16.8 Å². The highest BCUT2D eigenvalue weighted by Crippen LogP contribution is 2.29. The van der Waals surface area contributed by atoms with E-state index in [1.165, 1.54) is 17.8 Å². The zero-order chi connectivity index (χ0) is 19.0. The smallest absolute Gasteiger partial charge is 0.218 e. The summed E-state index contributed by atoms with van der Waals surface area (Å²) in [7, 11) is 0. The van der Waals surface area contributed by atoms with E-state index in [9.17, 15) is 8.78 Å². The van der Waals surface area contributed by atoms with Gasteiger partial charge >= 0.3 is 0 Å². The van der Waals surface area contributed by atoms with Crippen molar-refractivity contribution in [1.29, 1.82) is 0 Å². The summed E-state index contributed by atoms with van der Waals surface area (Å²) in [5.74, 6) is -1.35. The molecule has 0 bridgehead atoms. The molecule has 138 valence electrons. The molecule has 0 spiro atoms. The van der Waals surface area contributed by atoms with E-state index in [1.807, 2.05) is 32.0 Å². The van der Waals surface area contributed by atoms with E-state index in [2.05, 4.69) is 17.1 Å². The average molecular weight is 366 g/mol. The number of ether oxygens (including phenoxy) is 1. The fraction of sp³-hybridized carbons (Fsp3) is 0.273. The number of nitrogens with zero attached hydrogens (tertiary/aromatic N) is 2. The number of aliphatic imine (C=N–C) groups is 1. The first kappa shape index (κ1) is 17.6. The van der Waals surface area contributed by atoms with E-state index in [1.54, 1.807) is 6.07 Å². The fourth-order valence-electron chi connectivity index (χ4n) is 3.50. The lowest BCUT2D eigenvalue weighted by Gasteiger charge is -2.34. The molecule has 1 aliphatic rings. The van der Waals surface area contributed by atoms with Gasteiger partial charge in [-0.3, -0.25) is 4.98 Å². The molecule has 3 aromatic rings. The molecule has 1 unspecified atom stereocenters. The van der Waals surface area contributed by atoms with Gasteiger partial charge in [0.25, 0.3) is 0 Å². The summed E-state index contributed by atoms with van der Waals surface area (Å²) in [4.78, 5) is 8.87. The van der Waals surface area contributed by atoms with E-state index in [4.69, 9.17) is 9.73 Å². The number of hydrogen-bond acceptors (Lipinski definition) is 3. The number of aromatic nitrogens is 1. The molecule has 3 nitrogen and oxygen atoms in total. The molecule has 5 heteroatoms. The zero-order valence-corrected chi connectivity index (χ0v) is 15.2. The summed E-state index contributed by atoms with van der Waals surface area (Å²) in [6.07, 6.45) is 3.11. The molecule has 0 saturated heterocycles. The predicted molar refractivity (Wildman–Crippen MR) is 102 cm³/mol. The van der Waals surface area contributed by atoms with Crippen LogP contribution in [0.4, 0.5) is 8.78 Å². The number of benzene rings is 2. The van der Waals surface area contributed by atoms with Gasteiger partial charge in [-0.2, -0.15) is 0 Å². The molecular formula is C22H20F2N2O. The van der Waals surface area contributed by atoms with Gasteiger partial charge in [0.15, 0.2) is 11.6 Å². The molecule has 0 amide bonds. The van der Waals surface area contributed by atoms with Crippen LogP contribution in [0, 0.1) is 11.6 Å². The van der Waals surface area contributed by atoms with Crippen molar-refractivity contribution in [2.45, 2.75) is 38.3 Å². The Bertz CT molecular complexity index is 1020. The maximum Gasteiger partial charge on any atom is 0.218 e. The Kier molecular flexibility index (Phi) is 4.38. The second kappa shape index (κ2) is 6.72. The number of halogens is 2. The van der Waals surface area contributed by atoms with Gasteiger partial charge in [0.05, 0.1) is 11.6 Å². The Morgan fingerprint density at radius 2 is 1.89 bits per heavy atom. The molecule has 0 fully saturated rings. The van der Waals surface area contributed by atoms with Gasteiger partial charge in [-0.15, -0.1) is 0 Å². The lowest BCUT2D eigenvalue weighted by atomic mass is 9.93. The molecule has 0 N–H and O–H groups in total. The highest BCUT2D eigenvalue weighted by molar-refractivity contribution is 5.98. The molecule has 27 heavy (non-hydrogen) atoms. The third-order valence-electron chi connectivity index (χ3n) is 4.71. The maximum absolute atomic E-state index is 13.9. The van der Waals surface area contributed by atoms with Crippen LogP contribution in [-0.2, 0) is 11.2 Å². The van der Waals surface area contributed by atoms with Crippen LogP contribution in [0.1, 0.15) is 31.4 Å². The molecule has 0 aliphatic carbocycles. The molecular weight excluding hydrogens is 346 g/mol. The van der Waals surface area contributed by atoms with Gasteiger partial charge in [0.2, 0.25) is 5.90 Å². The summed E-state index contributed by atoms with van der Waals surface area (Å²) in [6.45, 7) is 4.06. The Morgan fingerprint density at radius 3 is 2.67 bits per heavy atom. The third-order valence-corrected chi connectivity index (χ3v) is 4.71. The van der Waals surface area contributed by atoms with Crippen molar-refractivity contribution in [2.75, 3.05) is 0 Å². The molecule has 0 saturated carbocycles. The van der Waals surface area contributed by atoms with Gasteiger partial charge in [-0.1, -0.05) is 30.3 Å². The molecule has 1 aliphatic heterocycles. The monoisotopic (exact) mass is 366 g/mol. The highest BCUT2D eigenvalue weighted by atomic mass is 19.2. The lowest BCUT2D eigenvalue weighted by Crippen LogP contribution is -2.38. The molecule has 1 aromatic heterocycles. The first-order valence-corrected chi connectivity index (χ1v) is 8.96. The van der Waals surface area contributed by atoms with Crippen LogP contribution in [0.5, 0.6) is 0 Å². The van der Waals surface area contributed by atoms with E-state index < -0.39 is 11.6 Å². The first-order valence-electron chi connectivity index (χ1n) is 8.96. The van der Waals surface area contributed by atoms with Gasteiger partial charge in [-0.05, 0) is 44.0 Å². The Morgan fingerprint density at radius 1 is 1.11 bits per heavy atom. The maximum atomic E-state index is 13.9. The molecule has 0 radical (unpaired) electrons. The van der Waals surface area contributed by atoms with Crippen molar-refractivity contribution in [2.24, 2.45) is 4.99 Å². The topological polar surface area (TPSA) is 34.5 Å². The number of pyridine rings is 1. The van der Waals surface area contributed by atoms with Gasteiger partial charge in [0.1, 0.15) is 11.1 Å². The van der Waals surface area contributed by atoms with Crippen LogP contribution in [0.25, 0.3) is 10.9 Å². The minimum absolute atomic E-state index is 0.00950. The zero-order valence-electron chi connectivity index (χ0n) is 15.2. The second-order valence-corrected chi connectivity index (χ2v) is 7.50. The van der Waals surface area contributed by atoms with Crippen LogP contribution in [-0.4, -0.2) is 22.5 Å². The fourth-order valence-corrected chi connectivity index (χ4v) is 3.50. The van der Waals surface area contributed by atoms with Gasteiger partial charge in [0, 0.05) is 18.0 Å². The van der Waals surface area contributed by atoms with Crippen molar-refractivity contribution in [3.05, 3.63) is 77.5 Å². The Balaban J connectivity index is 1.70.